The number of hydrogen-bond acceptors (Lipinski definition) is 0. The maximum Gasteiger partial charge on any atom is 0.137 e. The van der Waals surface area contributed by atoms with Gasteiger partial charge in [-0.2, -0.15) is 0 Å². The summed E-state index contributed by atoms with van der Waals surface area (Å²) in [6.07, 6.45) is 2.46. The van der Waals surface area contributed by atoms with Gasteiger partial charge in [-0.3, -0.25) is 0 Å². The molecule has 0 atom stereocenters. The summed E-state index contributed by atoms with van der Waals surface area (Å²) in [4.78, 5) is 4.60. The van der Waals surface area contributed by atoms with Gasteiger partial charge in [-0.05, 0) is 28.1 Å². The molecule has 0 spiro atoms. The minimum atomic E-state index is -0.183. The predicted molar refractivity (Wildman–Crippen MR) is 93.1 cm³/mol. The number of nitrogens with one attached hydrogen (secondary N) is 3. The van der Waals surface area contributed by atoms with Gasteiger partial charge in [-0.25, -0.2) is 4.39 Å². The summed E-state index contributed by atoms with van der Waals surface area (Å²) in [7, 11) is 8.80. The molecule has 0 bridgehead atoms. The van der Waals surface area contributed by atoms with Crippen LogP contribution in [-0.4, -0.2) is 54.4 Å². The van der Waals surface area contributed by atoms with Crippen LogP contribution in [0.4, 0.5) is 4.39 Å². The SMILES string of the molecule is C[NH+](C)CCC[NH+](CCC[NH+](C)C)Cc1ccc(F)c(Br)c1. The average Bonchev–Trinajstić information content (AvgIpc) is 2.42. The fourth-order valence-corrected chi connectivity index (χ4v) is 3.05. The van der Waals surface area contributed by atoms with Crippen molar-refractivity contribution >= 4 is 15.9 Å². The molecular weight excluding hydrogens is 345 g/mol. The molecule has 0 saturated carbocycles. The van der Waals surface area contributed by atoms with E-state index in [4.69, 9.17) is 0 Å². The Hall–Kier alpha value is -0.490. The van der Waals surface area contributed by atoms with Gasteiger partial charge < -0.3 is 14.7 Å². The van der Waals surface area contributed by atoms with Crippen LogP contribution in [0.25, 0.3) is 0 Å². The van der Waals surface area contributed by atoms with Gasteiger partial charge in [-0.1, -0.05) is 6.07 Å². The van der Waals surface area contributed by atoms with E-state index >= 15 is 0 Å². The van der Waals surface area contributed by atoms with Crippen LogP contribution >= 0.6 is 15.9 Å². The van der Waals surface area contributed by atoms with E-state index in [1.54, 1.807) is 11.0 Å². The summed E-state index contributed by atoms with van der Waals surface area (Å²) >= 11 is 3.29. The van der Waals surface area contributed by atoms with Gasteiger partial charge in [-0.15, -0.1) is 0 Å². The molecule has 0 heterocycles. The average molecular weight is 377 g/mol. The lowest BCUT2D eigenvalue weighted by Crippen LogP contribution is -3.13. The Balaban J connectivity index is 2.56. The Bertz CT molecular complexity index is 424. The minimum absolute atomic E-state index is 0.183. The lowest BCUT2D eigenvalue weighted by molar-refractivity contribution is -0.925. The number of benzene rings is 1. The van der Waals surface area contributed by atoms with Crippen molar-refractivity contribution < 1.29 is 19.1 Å². The molecule has 3 nitrogen and oxygen atoms in total. The zero-order valence-corrected chi connectivity index (χ0v) is 16.0. The molecule has 3 N–H and O–H groups in total. The van der Waals surface area contributed by atoms with Gasteiger partial charge >= 0.3 is 0 Å². The summed E-state index contributed by atoms with van der Waals surface area (Å²) in [5, 5.41) is 0. The standard InChI is InChI=1S/C17H29BrFN3/c1-20(2)9-5-11-22(12-6-10-21(3)4)14-15-7-8-17(19)16(18)13-15/h7-8,13H,5-6,9-12,14H2,1-4H3/p+3. The van der Waals surface area contributed by atoms with Crippen molar-refractivity contribution in [2.45, 2.75) is 19.4 Å². The number of hydrogen-bond donors (Lipinski definition) is 3. The molecule has 126 valence electrons. The first-order chi connectivity index (χ1) is 10.4. The van der Waals surface area contributed by atoms with Crippen LogP contribution in [-0.2, 0) is 6.54 Å². The maximum absolute atomic E-state index is 13.4. The summed E-state index contributed by atoms with van der Waals surface area (Å²) in [5.41, 5.74) is 1.21. The Morgan fingerprint density at radius 2 is 1.45 bits per heavy atom. The lowest BCUT2D eigenvalue weighted by atomic mass is 10.2. The van der Waals surface area contributed by atoms with E-state index in [-0.39, 0.29) is 5.82 Å². The molecule has 0 aliphatic rings. The quantitative estimate of drug-likeness (QED) is 0.465. The zero-order chi connectivity index (χ0) is 16.5. The third-order valence-electron chi connectivity index (χ3n) is 3.85. The summed E-state index contributed by atoms with van der Waals surface area (Å²) in [6.45, 7) is 5.75. The van der Waals surface area contributed by atoms with Gasteiger partial charge in [0.05, 0.1) is 58.8 Å². The van der Waals surface area contributed by atoms with Crippen molar-refractivity contribution in [1.82, 2.24) is 0 Å². The molecule has 1 aromatic carbocycles. The Labute approximate surface area is 143 Å². The fraction of sp³-hybridized carbons (Fsp3) is 0.647. The first-order valence-corrected chi connectivity index (χ1v) is 9.03. The fourth-order valence-electron chi connectivity index (χ4n) is 2.62. The summed E-state index contributed by atoms with van der Waals surface area (Å²) in [6, 6.07) is 5.39. The van der Waals surface area contributed by atoms with Crippen molar-refractivity contribution in [3.8, 4) is 0 Å². The number of halogens is 2. The van der Waals surface area contributed by atoms with E-state index in [1.165, 1.54) is 54.4 Å². The molecule has 0 radical (unpaired) electrons. The molecule has 0 aliphatic carbocycles. The van der Waals surface area contributed by atoms with Crippen LogP contribution in [0.15, 0.2) is 22.7 Å². The Kier molecular flexibility index (Phi) is 9.17. The second-order valence-electron chi connectivity index (χ2n) is 6.80. The lowest BCUT2D eigenvalue weighted by Gasteiger charge is -2.20. The van der Waals surface area contributed by atoms with Crippen molar-refractivity contribution in [2.24, 2.45) is 0 Å². The largest absolute Gasteiger partial charge is 0.340 e. The topological polar surface area (TPSA) is 13.3 Å². The van der Waals surface area contributed by atoms with Crippen LogP contribution in [0.5, 0.6) is 0 Å². The van der Waals surface area contributed by atoms with Crippen LogP contribution in [0.2, 0.25) is 0 Å². The zero-order valence-electron chi connectivity index (χ0n) is 14.4. The van der Waals surface area contributed by atoms with E-state index in [1.807, 2.05) is 12.1 Å². The molecular formula is C17H32BrFN3+3. The number of quaternary nitrogens is 3. The molecule has 0 saturated heterocycles. The van der Waals surface area contributed by atoms with E-state index in [0.717, 1.165) is 6.54 Å². The van der Waals surface area contributed by atoms with E-state index in [2.05, 4.69) is 44.1 Å². The monoisotopic (exact) mass is 376 g/mol. The highest BCUT2D eigenvalue weighted by Gasteiger charge is 2.12. The van der Waals surface area contributed by atoms with E-state index in [9.17, 15) is 4.39 Å². The van der Waals surface area contributed by atoms with Gasteiger partial charge in [0.25, 0.3) is 0 Å². The highest BCUT2D eigenvalue weighted by molar-refractivity contribution is 9.10. The summed E-state index contributed by atoms with van der Waals surface area (Å²) in [5.74, 6) is -0.183. The van der Waals surface area contributed by atoms with Crippen molar-refractivity contribution in [1.29, 1.82) is 0 Å². The van der Waals surface area contributed by atoms with Gasteiger partial charge in [0.2, 0.25) is 0 Å². The molecule has 0 amide bonds. The second kappa shape index (κ2) is 10.3. The van der Waals surface area contributed by atoms with Gasteiger partial charge in [0.15, 0.2) is 0 Å². The molecule has 5 heteroatoms. The summed E-state index contributed by atoms with van der Waals surface area (Å²) < 4.78 is 13.9. The van der Waals surface area contributed by atoms with Crippen LogP contribution in [0, 0.1) is 5.82 Å². The second-order valence-corrected chi connectivity index (χ2v) is 7.65. The molecule has 0 aromatic heterocycles. The molecule has 1 aromatic rings. The van der Waals surface area contributed by atoms with Crippen LogP contribution < -0.4 is 14.7 Å². The van der Waals surface area contributed by atoms with E-state index < -0.39 is 0 Å². The predicted octanol–water partition coefficient (Wildman–Crippen LogP) is -0.958. The highest BCUT2D eigenvalue weighted by atomic mass is 79.9. The van der Waals surface area contributed by atoms with Crippen LogP contribution in [0.3, 0.4) is 0 Å². The highest BCUT2D eigenvalue weighted by Crippen LogP contribution is 2.16. The van der Waals surface area contributed by atoms with Crippen molar-refractivity contribution in [3.05, 3.63) is 34.1 Å². The molecule has 22 heavy (non-hydrogen) atoms. The van der Waals surface area contributed by atoms with Crippen molar-refractivity contribution in [3.63, 3.8) is 0 Å². The third kappa shape index (κ3) is 8.22. The smallest absolute Gasteiger partial charge is 0.137 e. The minimum Gasteiger partial charge on any atom is -0.340 e. The number of rotatable bonds is 10. The molecule has 0 fully saturated rings. The maximum atomic E-state index is 13.4. The first kappa shape index (κ1) is 19.6. The van der Waals surface area contributed by atoms with E-state index in [0.29, 0.717) is 4.47 Å². The van der Waals surface area contributed by atoms with Gasteiger partial charge in [0, 0.05) is 18.4 Å². The molecule has 0 aliphatic heterocycles. The molecule has 1 rings (SSSR count). The third-order valence-corrected chi connectivity index (χ3v) is 4.46. The Morgan fingerprint density at radius 3 is 1.91 bits per heavy atom. The Morgan fingerprint density at radius 1 is 0.909 bits per heavy atom. The molecule has 0 unspecified atom stereocenters. The first-order valence-electron chi connectivity index (χ1n) is 8.24. The normalized spacial score (nSPS) is 11.9. The van der Waals surface area contributed by atoms with Gasteiger partial charge in [0.1, 0.15) is 12.4 Å². The van der Waals surface area contributed by atoms with Crippen molar-refractivity contribution in [2.75, 3.05) is 54.4 Å². The van der Waals surface area contributed by atoms with Crippen LogP contribution in [0.1, 0.15) is 18.4 Å².